The van der Waals surface area contributed by atoms with E-state index in [2.05, 4.69) is 11.1 Å². The second-order valence-electron chi connectivity index (χ2n) is 6.34. The molecule has 0 saturated heterocycles. The molecule has 0 atom stereocenters. The van der Waals surface area contributed by atoms with Gasteiger partial charge in [0.1, 0.15) is 0 Å². The number of nitriles is 1. The molecule has 0 aliphatic rings. The van der Waals surface area contributed by atoms with Crippen LogP contribution in [-0.4, -0.2) is 27.9 Å². The van der Waals surface area contributed by atoms with Crippen molar-refractivity contribution in [1.82, 2.24) is 9.88 Å². The first-order valence-electron chi connectivity index (χ1n) is 7.04. The summed E-state index contributed by atoms with van der Waals surface area (Å²) in [5, 5.41) is 8.80. The molecule has 0 bridgehead atoms. The largest absolute Gasteiger partial charge is 0.337 e. The lowest BCUT2D eigenvalue weighted by atomic mass is 9.74. The summed E-state index contributed by atoms with van der Waals surface area (Å²) in [5.41, 5.74) is 5.72. The molecule has 0 spiro atoms. The van der Waals surface area contributed by atoms with Crippen LogP contribution in [0.15, 0.2) is 24.5 Å². The third-order valence-corrected chi connectivity index (χ3v) is 4.02. The van der Waals surface area contributed by atoms with Crippen molar-refractivity contribution in [3.8, 4) is 6.07 Å². The highest BCUT2D eigenvalue weighted by atomic mass is 16.2. The van der Waals surface area contributed by atoms with Gasteiger partial charge in [0.25, 0.3) is 0 Å². The van der Waals surface area contributed by atoms with Crippen molar-refractivity contribution in [2.24, 2.45) is 11.1 Å². The molecular weight excluding hydrogens is 264 g/mol. The third-order valence-electron chi connectivity index (χ3n) is 4.02. The van der Waals surface area contributed by atoms with Crippen LogP contribution in [0.1, 0.15) is 39.7 Å². The van der Waals surface area contributed by atoms with Crippen LogP contribution in [0.25, 0.3) is 0 Å². The quantitative estimate of drug-likeness (QED) is 0.868. The highest BCUT2D eigenvalue weighted by Gasteiger charge is 2.42. The predicted molar refractivity (Wildman–Crippen MR) is 81.9 cm³/mol. The van der Waals surface area contributed by atoms with Gasteiger partial charge in [0, 0.05) is 31.0 Å². The summed E-state index contributed by atoms with van der Waals surface area (Å²) < 4.78 is 0. The van der Waals surface area contributed by atoms with Crippen LogP contribution in [0.4, 0.5) is 0 Å². The topological polar surface area (TPSA) is 83.0 Å². The van der Waals surface area contributed by atoms with Crippen LogP contribution < -0.4 is 5.73 Å². The van der Waals surface area contributed by atoms with E-state index in [4.69, 9.17) is 11.0 Å². The fraction of sp³-hybridized carbons (Fsp3) is 0.562. The Balaban J connectivity index is 2.97. The maximum Gasteiger partial charge on any atom is 0.230 e. The molecule has 1 aromatic rings. The van der Waals surface area contributed by atoms with Crippen molar-refractivity contribution in [1.29, 1.82) is 5.26 Å². The van der Waals surface area contributed by atoms with Crippen molar-refractivity contribution in [2.75, 3.05) is 6.54 Å². The fourth-order valence-electron chi connectivity index (χ4n) is 1.82. The molecule has 21 heavy (non-hydrogen) atoms. The SMILES string of the molecule is CC(C)(N)C(C)(C)C(=O)N(CCC#N)Cc1cccnc1. The van der Waals surface area contributed by atoms with Crippen LogP contribution in [-0.2, 0) is 11.3 Å². The van der Waals surface area contributed by atoms with E-state index in [1.165, 1.54) is 0 Å². The van der Waals surface area contributed by atoms with Gasteiger partial charge in [-0.1, -0.05) is 6.07 Å². The number of nitrogens with zero attached hydrogens (tertiary/aromatic N) is 3. The second kappa shape index (κ2) is 6.68. The van der Waals surface area contributed by atoms with E-state index in [1.54, 1.807) is 17.3 Å². The number of aromatic nitrogens is 1. The highest BCUT2D eigenvalue weighted by molar-refractivity contribution is 5.83. The van der Waals surface area contributed by atoms with E-state index in [-0.39, 0.29) is 5.91 Å². The molecule has 0 aromatic carbocycles. The molecule has 2 N–H and O–H groups in total. The Labute approximate surface area is 126 Å². The summed E-state index contributed by atoms with van der Waals surface area (Å²) >= 11 is 0. The lowest BCUT2D eigenvalue weighted by Gasteiger charge is -2.40. The number of pyridine rings is 1. The zero-order chi connectivity index (χ0) is 16.1. The van der Waals surface area contributed by atoms with Crippen LogP contribution in [0.3, 0.4) is 0 Å². The molecule has 1 heterocycles. The van der Waals surface area contributed by atoms with Gasteiger partial charge in [-0.2, -0.15) is 5.26 Å². The summed E-state index contributed by atoms with van der Waals surface area (Å²) in [5.74, 6) is -0.0471. The van der Waals surface area contributed by atoms with E-state index < -0.39 is 11.0 Å². The molecule has 5 nitrogen and oxygen atoms in total. The van der Waals surface area contributed by atoms with Crippen LogP contribution in [0.5, 0.6) is 0 Å². The van der Waals surface area contributed by atoms with Crippen LogP contribution in [0.2, 0.25) is 0 Å². The van der Waals surface area contributed by atoms with Gasteiger partial charge in [-0.15, -0.1) is 0 Å². The maximum absolute atomic E-state index is 12.8. The van der Waals surface area contributed by atoms with E-state index in [9.17, 15) is 4.79 Å². The lowest BCUT2D eigenvalue weighted by Crippen LogP contribution is -2.56. The Morgan fingerprint density at radius 1 is 1.43 bits per heavy atom. The van der Waals surface area contributed by atoms with Gasteiger partial charge < -0.3 is 10.6 Å². The van der Waals surface area contributed by atoms with Crippen molar-refractivity contribution in [3.63, 3.8) is 0 Å². The average molecular weight is 288 g/mol. The Morgan fingerprint density at radius 3 is 2.57 bits per heavy atom. The molecular formula is C16H24N4O. The van der Waals surface area contributed by atoms with E-state index >= 15 is 0 Å². The summed E-state index contributed by atoms with van der Waals surface area (Å²) in [7, 11) is 0. The first-order valence-corrected chi connectivity index (χ1v) is 7.04. The number of amides is 1. The number of carbonyl (C=O) groups excluding carboxylic acids is 1. The normalized spacial score (nSPS) is 11.8. The first kappa shape index (κ1) is 17.1. The fourth-order valence-corrected chi connectivity index (χ4v) is 1.82. The second-order valence-corrected chi connectivity index (χ2v) is 6.34. The average Bonchev–Trinajstić information content (AvgIpc) is 2.42. The minimum atomic E-state index is -0.718. The third kappa shape index (κ3) is 4.27. The van der Waals surface area contributed by atoms with E-state index in [0.29, 0.717) is 19.5 Å². The Bertz CT molecular complexity index is 511. The van der Waals surface area contributed by atoms with Gasteiger partial charge in [0.05, 0.1) is 17.9 Å². The summed E-state index contributed by atoms with van der Waals surface area (Å²) in [6.45, 7) is 8.21. The molecule has 0 aliphatic heterocycles. The molecule has 114 valence electrons. The number of hydrogen-bond donors (Lipinski definition) is 1. The van der Waals surface area contributed by atoms with Gasteiger partial charge >= 0.3 is 0 Å². The maximum atomic E-state index is 12.8. The predicted octanol–water partition coefficient (Wildman–Crippen LogP) is 2.09. The number of carbonyl (C=O) groups is 1. The minimum Gasteiger partial charge on any atom is -0.337 e. The molecule has 0 unspecified atom stereocenters. The van der Waals surface area contributed by atoms with Gasteiger partial charge in [0.15, 0.2) is 0 Å². The van der Waals surface area contributed by atoms with E-state index in [1.807, 2.05) is 39.8 Å². The van der Waals surface area contributed by atoms with Gasteiger partial charge in [-0.25, -0.2) is 0 Å². The minimum absolute atomic E-state index is 0.0471. The molecule has 5 heteroatoms. The first-order chi connectivity index (χ1) is 9.70. The Morgan fingerprint density at radius 2 is 2.10 bits per heavy atom. The lowest BCUT2D eigenvalue weighted by molar-refractivity contribution is -0.144. The molecule has 0 radical (unpaired) electrons. The van der Waals surface area contributed by atoms with Crippen molar-refractivity contribution in [2.45, 2.75) is 46.2 Å². The number of hydrogen-bond acceptors (Lipinski definition) is 4. The number of rotatable bonds is 6. The van der Waals surface area contributed by atoms with Crippen LogP contribution >= 0.6 is 0 Å². The molecule has 0 fully saturated rings. The van der Waals surface area contributed by atoms with Crippen molar-refractivity contribution in [3.05, 3.63) is 30.1 Å². The summed E-state index contributed by atoms with van der Waals surface area (Å²) in [6.07, 6.45) is 3.72. The molecule has 0 saturated carbocycles. The standard InChI is InChI=1S/C16H24N4O/c1-15(2,16(3,4)18)14(21)20(10-6-8-17)12-13-7-5-9-19-11-13/h5,7,9,11H,6,10,12,18H2,1-4H3. The zero-order valence-corrected chi connectivity index (χ0v) is 13.3. The van der Waals surface area contributed by atoms with Crippen molar-refractivity contribution < 1.29 is 4.79 Å². The Hall–Kier alpha value is -1.93. The van der Waals surface area contributed by atoms with Crippen molar-refractivity contribution >= 4 is 5.91 Å². The molecule has 0 aliphatic carbocycles. The van der Waals surface area contributed by atoms with Gasteiger partial charge in [0.2, 0.25) is 5.91 Å². The molecule has 1 amide bonds. The van der Waals surface area contributed by atoms with E-state index in [0.717, 1.165) is 5.56 Å². The van der Waals surface area contributed by atoms with Gasteiger partial charge in [-0.3, -0.25) is 9.78 Å². The Kier molecular flexibility index (Phi) is 5.45. The monoisotopic (exact) mass is 288 g/mol. The zero-order valence-electron chi connectivity index (χ0n) is 13.3. The van der Waals surface area contributed by atoms with Crippen LogP contribution in [0, 0.1) is 16.7 Å². The highest BCUT2D eigenvalue weighted by Crippen LogP contribution is 2.31. The van der Waals surface area contributed by atoms with Gasteiger partial charge in [-0.05, 0) is 39.3 Å². The molecule has 1 aromatic heterocycles. The smallest absolute Gasteiger partial charge is 0.230 e. The number of nitrogens with two attached hydrogens (primary N) is 1. The summed E-state index contributed by atoms with van der Waals surface area (Å²) in [4.78, 5) is 18.6. The summed E-state index contributed by atoms with van der Waals surface area (Å²) in [6, 6.07) is 5.84. The molecule has 1 rings (SSSR count).